The molecule has 0 amide bonds. The molecule has 1 aliphatic carbocycles. The summed E-state index contributed by atoms with van der Waals surface area (Å²) in [6.45, 7) is 1.67. The minimum absolute atomic E-state index is 0.239. The molecule has 0 atom stereocenters. The Morgan fingerprint density at radius 2 is 2.05 bits per heavy atom. The molecule has 4 nitrogen and oxygen atoms in total. The minimum Gasteiger partial charge on any atom is -0.383 e. The van der Waals surface area contributed by atoms with Crippen molar-refractivity contribution in [2.24, 2.45) is 11.1 Å². The molecule has 0 bridgehead atoms. The number of fused-ring (bicyclic) bond motifs is 1. The molecule has 0 radical (unpaired) electrons. The van der Waals surface area contributed by atoms with Crippen LogP contribution in [0, 0.1) is 5.41 Å². The van der Waals surface area contributed by atoms with Crippen molar-refractivity contribution in [2.45, 2.75) is 32.1 Å². The van der Waals surface area contributed by atoms with Crippen molar-refractivity contribution >= 4 is 32.7 Å². The Kier molecular flexibility index (Phi) is 4.40. The van der Waals surface area contributed by atoms with E-state index in [1.165, 1.54) is 32.1 Å². The number of pyridine rings is 2. The van der Waals surface area contributed by atoms with Crippen molar-refractivity contribution in [3.63, 3.8) is 0 Å². The average molecular weight is 349 g/mol. The van der Waals surface area contributed by atoms with Gasteiger partial charge in [-0.1, -0.05) is 19.3 Å². The largest absolute Gasteiger partial charge is 0.383 e. The Balaban J connectivity index is 1.81. The number of nitrogens with zero attached hydrogens (tertiary/aromatic N) is 2. The highest BCUT2D eigenvalue weighted by Crippen LogP contribution is 2.36. The van der Waals surface area contributed by atoms with E-state index in [2.05, 4.69) is 31.2 Å². The average Bonchev–Trinajstić information content (AvgIpc) is 2.53. The molecule has 2 aromatic heterocycles. The van der Waals surface area contributed by atoms with E-state index >= 15 is 0 Å². The maximum atomic E-state index is 6.06. The summed E-state index contributed by atoms with van der Waals surface area (Å²) in [7, 11) is 0. The highest BCUT2D eigenvalue weighted by Gasteiger charge is 2.30. The summed E-state index contributed by atoms with van der Waals surface area (Å²) in [5, 5.41) is 3.57. The summed E-state index contributed by atoms with van der Waals surface area (Å²) < 4.78 is 0.949. The van der Waals surface area contributed by atoms with E-state index < -0.39 is 0 Å². The normalized spacial score (nSPS) is 17.8. The van der Waals surface area contributed by atoms with Gasteiger partial charge in [0.2, 0.25) is 0 Å². The molecule has 112 valence electrons. The molecular weight excluding hydrogens is 328 g/mol. The summed E-state index contributed by atoms with van der Waals surface area (Å²) in [5.74, 6) is 0. The molecule has 0 spiro atoms. The summed E-state index contributed by atoms with van der Waals surface area (Å²) in [5.41, 5.74) is 9.17. The molecular formula is C16H21BrN4. The lowest BCUT2D eigenvalue weighted by Crippen LogP contribution is -2.39. The van der Waals surface area contributed by atoms with Crippen LogP contribution >= 0.6 is 15.9 Å². The Hall–Kier alpha value is -1.20. The SMILES string of the molecule is NCC1(CNc2ccnc3cc(Br)cnc23)CCCCC1. The third kappa shape index (κ3) is 3.19. The van der Waals surface area contributed by atoms with Crippen LogP contribution in [0.5, 0.6) is 0 Å². The van der Waals surface area contributed by atoms with Crippen LogP contribution in [0.2, 0.25) is 0 Å². The van der Waals surface area contributed by atoms with E-state index in [0.29, 0.717) is 0 Å². The van der Waals surface area contributed by atoms with Gasteiger partial charge in [-0.3, -0.25) is 9.97 Å². The van der Waals surface area contributed by atoms with Crippen LogP contribution in [0.3, 0.4) is 0 Å². The second kappa shape index (κ2) is 6.28. The Bertz CT molecular complexity index is 623. The number of nitrogens with one attached hydrogen (secondary N) is 1. The zero-order valence-corrected chi connectivity index (χ0v) is 13.7. The van der Waals surface area contributed by atoms with E-state index in [1.54, 1.807) is 0 Å². The Morgan fingerprint density at radius 3 is 2.81 bits per heavy atom. The van der Waals surface area contributed by atoms with Crippen LogP contribution in [0.4, 0.5) is 5.69 Å². The standard InChI is InChI=1S/C16H21BrN4/c17-12-8-14-15(20-9-12)13(4-7-19-14)21-11-16(10-18)5-2-1-3-6-16/h4,7-9H,1-3,5-6,10-11,18H2,(H,19,21). The lowest BCUT2D eigenvalue weighted by atomic mass is 9.74. The fraction of sp³-hybridized carbons (Fsp3) is 0.500. The van der Waals surface area contributed by atoms with Crippen LogP contribution in [0.1, 0.15) is 32.1 Å². The summed E-state index contributed by atoms with van der Waals surface area (Å²) in [6.07, 6.45) is 10.0. The predicted molar refractivity (Wildman–Crippen MR) is 90.3 cm³/mol. The number of hydrogen-bond acceptors (Lipinski definition) is 4. The van der Waals surface area contributed by atoms with Crippen molar-refractivity contribution in [3.05, 3.63) is 29.0 Å². The van der Waals surface area contributed by atoms with Gasteiger partial charge in [-0.25, -0.2) is 0 Å². The molecule has 3 N–H and O–H groups in total. The second-order valence-corrected chi connectivity index (χ2v) is 6.91. The second-order valence-electron chi connectivity index (χ2n) is 6.00. The van der Waals surface area contributed by atoms with E-state index in [1.807, 2.05) is 24.5 Å². The molecule has 3 rings (SSSR count). The van der Waals surface area contributed by atoms with Crippen molar-refractivity contribution in [1.29, 1.82) is 0 Å². The van der Waals surface area contributed by atoms with Gasteiger partial charge in [-0.2, -0.15) is 0 Å². The number of anilines is 1. The van der Waals surface area contributed by atoms with Crippen LogP contribution in [0.15, 0.2) is 29.0 Å². The number of aromatic nitrogens is 2. The van der Waals surface area contributed by atoms with Gasteiger partial charge >= 0.3 is 0 Å². The third-order valence-electron chi connectivity index (χ3n) is 4.55. The van der Waals surface area contributed by atoms with Crippen molar-refractivity contribution < 1.29 is 0 Å². The smallest absolute Gasteiger partial charge is 0.112 e. The predicted octanol–water partition coefficient (Wildman–Crippen LogP) is 3.71. The maximum Gasteiger partial charge on any atom is 0.112 e. The molecule has 1 fully saturated rings. The first-order chi connectivity index (χ1) is 10.2. The lowest BCUT2D eigenvalue weighted by Gasteiger charge is -2.36. The van der Waals surface area contributed by atoms with Crippen molar-refractivity contribution in [3.8, 4) is 0 Å². The van der Waals surface area contributed by atoms with Gasteiger partial charge in [0, 0.05) is 23.4 Å². The first kappa shape index (κ1) is 14.7. The third-order valence-corrected chi connectivity index (χ3v) is 4.98. The summed E-state index contributed by atoms with van der Waals surface area (Å²) in [6, 6.07) is 3.99. The lowest BCUT2D eigenvalue weighted by molar-refractivity contribution is 0.215. The zero-order valence-electron chi connectivity index (χ0n) is 12.1. The van der Waals surface area contributed by atoms with Gasteiger partial charge < -0.3 is 11.1 Å². The van der Waals surface area contributed by atoms with Gasteiger partial charge in [-0.15, -0.1) is 0 Å². The molecule has 0 saturated heterocycles. The van der Waals surface area contributed by atoms with Gasteiger partial charge in [0.1, 0.15) is 5.52 Å². The van der Waals surface area contributed by atoms with Crippen molar-refractivity contribution in [2.75, 3.05) is 18.4 Å². The number of rotatable bonds is 4. The quantitative estimate of drug-likeness (QED) is 0.883. The summed E-state index contributed by atoms with van der Waals surface area (Å²) in [4.78, 5) is 8.87. The monoisotopic (exact) mass is 348 g/mol. The van der Waals surface area contributed by atoms with E-state index in [-0.39, 0.29) is 5.41 Å². The first-order valence-corrected chi connectivity index (χ1v) is 8.36. The van der Waals surface area contributed by atoms with E-state index in [0.717, 1.165) is 34.3 Å². The van der Waals surface area contributed by atoms with Gasteiger partial charge in [0.25, 0.3) is 0 Å². The fourth-order valence-corrected chi connectivity index (χ4v) is 3.50. The molecule has 2 heterocycles. The maximum absolute atomic E-state index is 6.06. The van der Waals surface area contributed by atoms with Crippen LogP contribution in [-0.2, 0) is 0 Å². The molecule has 1 aliphatic rings. The zero-order chi connectivity index (χ0) is 14.7. The van der Waals surface area contributed by atoms with Crippen LogP contribution < -0.4 is 11.1 Å². The molecule has 0 aromatic carbocycles. The van der Waals surface area contributed by atoms with Gasteiger partial charge in [0.05, 0.1) is 11.2 Å². The molecule has 0 unspecified atom stereocenters. The Labute approximate surface area is 133 Å². The number of hydrogen-bond donors (Lipinski definition) is 2. The van der Waals surface area contributed by atoms with Crippen LogP contribution in [-0.4, -0.2) is 23.1 Å². The van der Waals surface area contributed by atoms with Crippen molar-refractivity contribution in [1.82, 2.24) is 9.97 Å². The van der Waals surface area contributed by atoms with E-state index in [9.17, 15) is 0 Å². The molecule has 5 heteroatoms. The first-order valence-electron chi connectivity index (χ1n) is 7.57. The summed E-state index contributed by atoms with van der Waals surface area (Å²) >= 11 is 3.44. The molecule has 2 aromatic rings. The fourth-order valence-electron chi connectivity index (χ4n) is 3.19. The van der Waals surface area contributed by atoms with Gasteiger partial charge in [0.15, 0.2) is 0 Å². The topological polar surface area (TPSA) is 63.8 Å². The van der Waals surface area contributed by atoms with E-state index in [4.69, 9.17) is 5.73 Å². The number of nitrogens with two attached hydrogens (primary N) is 1. The van der Waals surface area contributed by atoms with Gasteiger partial charge in [-0.05, 0) is 52.9 Å². The van der Waals surface area contributed by atoms with Crippen LogP contribution in [0.25, 0.3) is 11.0 Å². The minimum atomic E-state index is 0.239. The molecule has 1 saturated carbocycles. The molecule has 21 heavy (non-hydrogen) atoms. The molecule has 0 aliphatic heterocycles. The number of halogens is 1. The Morgan fingerprint density at radius 1 is 1.24 bits per heavy atom. The highest BCUT2D eigenvalue weighted by molar-refractivity contribution is 9.10. The highest BCUT2D eigenvalue weighted by atomic mass is 79.9.